The molecular formula is C27H33ClN6O5. The van der Waals surface area contributed by atoms with Gasteiger partial charge in [0.15, 0.2) is 5.03 Å². The van der Waals surface area contributed by atoms with E-state index in [2.05, 4.69) is 20.7 Å². The van der Waals surface area contributed by atoms with Crippen molar-refractivity contribution in [3.8, 4) is 0 Å². The van der Waals surface area contributed by atoms with E-state index in [9.17, 15) is 20.0 Å². The first-order chi connectivity index (χ1) is 18.6. The van der Waals surface area contributed by atoms with Crippen molar-refractivity contribution in [1.29, 1.82) is 0 Å². The second kappa shape index (κ2) is 12.0. The third-order valence-corrected chi connectivity index (χ3v) is 7.58. The average molecular weight is 557 g/mol. The summed E-state index contributed by atoms with van der Waals surface area (Å²) >= 11 is 5.68. The fourth-order valence-electron chi connectivity index (χ4n) is 5.19. The van der Waals surface area contributed by atoms with E-state index in [0.717, 1.165) is 47.9 Å². The van der Waals surface area contributed by atoms with Gasteiger partial charge in [-0.05, 0) is 62.3 Å². The van der Waals surface area contributed by atoms with E-state index in [1.54, 1.807) is 24.3 Å². The Morgan fingerprint density at radius 2 is 2.03 bits per heavy atom. The topological polar surface area (TPSA) is 142 Å². The van der Waals surface area contributed by atoms with Crippen molar-refractivity contribution in [2.24, 2.45) is 5.10 Å². The van der Waals surface area contributed by atoms with Crippen molar-refractivity contribution in [3.63, 3.8) is 0 Å². The number of benzene rings is 1. The van der Waals surface area contributed by atoms with E-state index in [4.69, 9.17) is 16.3 Å². The van der Waals surface area contributed by atoms with Crippen LogP contribution in [0.5, 0.6) is 0 Å². The molecule has 1 aromatic heterocycles. The highest BCUT2D eigenvalue weighted by Gasteiger charge is 2.48. The number of halogens is 1. The SMILES string of the molecule is COC1CCC2(CC1)NC(=O)C(c1cc(C)ccc1C)=C2O.O=[N+]([O-])/N=C1\NCCN1Cc1ccc(Cl)nc1. The highest BCUT2D eigenvalue weighted by atomic mass is 35.5. The fourth-order valence-corrected chi connectivity index (χ4v) is 5.30. The van der Waals surface area contributed by atoms with Crippen LogP contribution in [0, 0.1) is 24.0 Å². The zero-order valence-electron chi connectivity index (χ0n) is 22.2. The first-order valence-corrected chi connectivity index (χ1v) is 13.2. The lowest BCUT2D eigenvalue weighted by Gasteiger charge is -2.36. The Bertz CT molecular complexity index is 1290. The molecule has 1 amide bonds. The Labute approximate surface area is 232 Å². The van der Waals surface area contributed by atoms with Crippen LogP contribution in [0.15, 0.2) is 47.4 Å². The number of ether oxygens (including phenoxy) is 1. The summed E-state index contributed by atoms with van der Waals surface area (Å²) in [5.74, 6) is 0.327. The molecule has 2 fully saturated rings. The van der Waals surface area contributed by atoms with Gasteiger partial charge in [-0.2, -0.15) is 0 Å². The van der Waals surface area contributed by atoms with E-state index < -0.39 is 10.6 Å². The molecule has 3 N–H and O–H groups in total. The number of aryl methyl sites for hydroxylation is 2. The van der Waals surface area contributed by atoms with Crippen LogP contribution in [0.25, 0.3) is 5.57 Å². The molecule has 1 aromatic carbocycles. The van der Waals surface area contributed by atoms with Crippen molar-refractivity contribution in [3.05, 3.63) is 79.8 Å². The largest absolute Gasteiger partial charge is 0.509 e. The van der Waals surface area contributed by atoms with Gasteiger partial charge in [0.1, 0.15) is 16.0 Å². The van der Waals surface area contributed by atoms with Crippen LogP contribution in [0.4, 0.5) is 0 Å². The number of aromatic nitrogens is 1. The van der Waals surface area contributed by atoms with Gasteiger partial charge in [0.25, 0.3) is 11.9 Å². The highest BCUT2D eigenvalue weighted by molar-refractivity contribution is 6.29. The molecule has 39 heavy (non-hydrogen) atoms. The molecule has 1 aliphatic carbocycles. The normalized spacial score (nSPS) is 23.5. The molecule has 1 spiro atoms. The predicted octanol–water partition coefficient (Wildman–Crippen LogP) is 3.72. The summed E-state index contributed by atoms with van der Waals surface area (Å²) in [4.78, 5) is 28.6. The molecular weight excluding hydrogens is 524 g/mol. The Hall–Kier alpha value is -3.70. The number of nitrogens with zero attached hydrogens (tertiary/aromatic N) is 4. The van der Waals surface area contributed by atoms with Crippen LogP contribution in [-0.4, -0.2) is 63.7 Å². The van der Waals surface area contributed by atoms with Crippen molar-refractivity contribution in [2.45, 2.75) is 57.7 Å². The van der Waals surface area contributed by atoms with Gasteiger partial charge in [-0.25, -0.2) is 15.1 Å². The van der Waals surface area contributed by atoms with Gasteiger partial charge < -0.3 is 25.4 Å². The number of pyridine rings is 1. The summed E-state index contributed by atoms with van der Waals surface area (Å²) in [7, 11) is 1.72. The Balaban J connectivity index is 0.000000187. The Kier molecular flexibility index (Phi) is 8.71. The highest BCUT2D eigenvalue weighted by Crippen LogP contribution is 2.42. The van der Waals surface area contributed by atoms with Crippen LogP contribution in [0.3, 0.4) is 0 Å². The first kappa shape index (κ1) is 28.3. The monoisotopic (exact) mass is 556 g/mol. The maximum Gasteiger partial charge on any atom is 0.271 e. The molecule has 0 bridgehead atoms. The summed E-state index contributed by atoms with van der Waals surface area (Å²) in [6, 6.07) is 9.50. The van der Waals surface area contributed by atoms with Gasteiger partial charge in [-0.15, -0.1) is 0 Å². The minimum absolute atomic E-state index is 0.165. The van der Waals surface area contributed by atoms with Crippen molar-refractivity contribution in [1.82, 2.24) is 20.5 Å². The van der Waals surface area contributed by atoms with Crippen molar-refractivity contribution < 1.29 is 19.7 Å². The zero-order valence-corrected chi connectivity index (χ0v) is 23.0. The van der Waals surface area contributed by atoms with E-state index in [0.29, 0.717) is 30.4 Å². The number of rotatable bonds is 5. The molecule has 2 aliphatic heterocycles. The Morgan fingerprint density at radius 3 is 2.67 bits per heavy atom. The van der Waals surface area contributed by atoms with Gasteiger partial charge in [-0.3, -0.25) is 4.79 Å². The van der Waals surface area contributed by atoms with Crippen molar-refractivity contribution in [2.75, 3.05) is 20.2 Å². The number of carbonyl (C=O) groups excluding carboxylic acids is 1. The molecule has 0 radical (unpaired) electrons. The number of nitro groups is 1. The van der Waals surface area contributed by atoms with Gasteiger partial charge >= 0.3 is 0 Å². The van der Waals surface area contributed by atoms with Crippen LogP contribution in [0.1, 0.15) is 47.9 Å². The molecule has 0 unspecified atom stereocenters. The predicted molar refractivity (Wildman–Crippen MR) is 148 cm³/mol. The lowest BCUT2D eigenvalue weighted by atomic mass is 9.79. The van der Waals surface area contributed by atoms with Gasteiger partial charge in [0.2, 0.25) is 0 Å². The lowest BCUT2D eigenvalue weighted by Crippen LogP contribution is -2.48. The van der Waals surface area contributed by atoms with Crippen molar-refractivity contribution >= 4 is 29.0 Å². The van der Waals surface area contributed by atoms with Gasteiger partial charge in [0, 0.05) is 32.9 Å². The van der Waals surface area contributed by atoms with Crippen LogP contribution in [-0.2, 0) is 16.1 Å². The molecule has 3 aliphatic rings. The smallest absolute Gasteiger partial charge is 0.271 e. The van der Waals surface area contributed by atoms with E-state index in [1.807, 2.05) is 38.1 Å². The fraction of sp³-hybridized carbons (Fsp3) is 0.444. The van der Waals surface area contributed by atoms with Crippen LogP contribution in [0.2, 0.25) is 5.15 Å². The number of hydrazone groups is 1. The van der Waals surface area contributed by atoms with E-state index >= 15 is 0 Å². The molecule has 3 heterocycles. The maximum atomic E-state index is 12.5. The minimum Gasteiger partial charge on any atom is -0.509 e. The molecule has 12 heteroatoms. The number of methoxy groups -OCH3 is 1. The Morgan fingerprint density at radius 1 is 1.28 bits per heavy atom. The number of hydrogen-bond acceptors (Lipinski definition) is 6. The average Bonchev–Trinajstić information content (AvgIpc) is 3.43. The summed E-state index contributed by atoms with van der Waals surface area (Å²) in [5, 5.41) is 30.0. The quantitative estimate of drug-likeness (QED) is 0.287. The number of guanidine groups is 1. The molecule has 5 rings (SSSR count). The number of nitrogens with one attached hydrogen (secondary N) is 2. The van der Waals surface area contributed by atoms with E-state index in [-0.39, 0.29) is 23.7 Å². The number of amides is 1. The summed E-state index contributed by atoms with van der Waals surface area (Å²) in [6.45, 7) is 5.80. The number of aliphatic hydroxyl groups excluding tert-OH is 1. The standard InChI is InChI=1S/C18H23NO3.C9H10ClN5O2/c1-11-4-5-12(2)14(10-11)15-16(20)18(19-17(15)21)8-6-13(22-3)7-9-18;10-8-2-1-7(5-12-8)6-14-4-3-11-9(14)13-15(16)17/h4-5,10,13,20H,6-9H2,1-3H3,(H,19,21);1-2,5H,3-4,6H2,(H,11,13). The molecule has 1 saturated carbocycles. The summed E-state index contributed by atoms with van der Waals surface area (Å²) in [5.41, 5.74) is 3.69. The van der Waals surface area contributed by atoms with Crippen LogP contribution < -0.4 is 10.6 Å². The zero-order chi connectivity index (χ0) is 28.2. The lowest BCUT2D eigenvalue weighted by molar-refractivity contribution is -0.485. The third-order valence-electron chi connectivity index (χ3n) is 7.35. The van der Waals surface area contributed by atoms with E-state index in [1.165, 1.54) is 0 Å². The second-order valence-corrected chi connectivity index (χ2v) is 10.4. The summed E-state index contributed by atoms with van der Waals surface area (Å²) in [6.07, 6.45) is 5.00. The molecule has 11 nitrogen and oxygen atoms in total. The number of carbonyl (C=O) groups is 1. The molecule has 2 aromatic rings. The minimum atomic E-state index is -0.708. The number of aliphatic hydroxyl groups is 1. The van der Waals surface area contributed by atoms with Crippen LogP contribution >= 0.6 is 11.6 Å². The second-order valence-electron chi connectivity index (χ2n) is 10.0. The maximum absolute atomic E-state index is 12.5. The summed E-state index contributed by atoms with van der Waals surface area (Å²) < 4.78 is 5.39. The molecule has 1 saturated heterocycles. The molecule has 208 valence electrons. The number of hydrogen-bond donors (Lipinski definition) is 3. The molecule has 0 atom stereocenters. The first-order valence-electron chi connectivity index (χ1n) is 12.8. The van der Waals surface area contributed by atoms with Gasteiger partial charge in [-0.1, -0.05) is 41.4 Å². The third kappa shape index (κ3) is 6.48. The van der Waals surface area contributed by atoms with Gasteiger partial charge in [0.05, 0.1) is 17.2 Å².